The van der Waals surface area contributed by atoms with E-state index in [9.17, 15) is 4.79 Å². The van der Waals surface area contributed by atoms with E-state index in [0.717, 1.165) is 61.7 Å². The Balaban J connectivity index is 1.19. The quantitative estimate of drug-likeness (QED) is 0.592. The number of carbonyl (C=O) groups is 1. The van der Waals surface area contributed by atoms with E-state index in [-0.39, 0.29) is 12.0 Å². The largest absolute Gasteiger partial charge is 0.481 e. The van der Waals surface area contributed by atoms with Gasteiger partial charge in [0.2, 0.25) is 0 Å². The zero-order valence-corrected chi connectivity index (χ0v) is 21.0. The summed E-state index contributed by atoms with van der Waals surface area (Å²) in [5.41, 5.74) is 0. The molecule has 1 aliphatic carbocycles. The second-order valence-electron chi connectivity index (χ2n) is 10.1. The summed E-state index contributed by atoms with van der Waals surface area (Å²) in [6.45, 7) is 5.90. The molecule has 33 heavy (non-hydrogen) atoms. The van der Waals surface area contributed by atoms with E-state index >= 15 is 0 Å². The van der Waals surface area contributed by atoms with Crippen LogP contribution in [0, 0.1) is 11.8 Å². The lowest BCUT2D eigenvalue weighted by molar-refractivity contribution is -0.140. The molecule has 1 atom stereocenters. The van der Waals surface area contributed by atoms with Crippen LogP contribution < -0.4 is 10.1 Å². The molecule has 6 heteroatoms. The second kappa shape index (κ2) is 12.0. The van der Waals surface area contributed by atoms with Crippen molar-refractivity contribution < 1.29 is 9.53 Å². The minimum Gasteiger partial charge on any atom is -0.481 e. The molecule has 3 aliphatic rings. The molecule has 0 radical (unpaired) electrons. The van der Waals surface area contributed by atoms with Crippen molar-refractivity contribution in [3.05, 3.63) is 30.3 Å². The van der Waals surface area contributed by atoms with Gasteiger partial charge >= 0.3 is 0 Å². The van der Waals surface area contributed by atoms with E-state index in [4.69, 9.17) is 17.0 Å². The Labute approximate surface area is 205 Å². The van der Waals surface area contributed by atoms with E-state index in [1.807, 2.05) is 42.2 Å². The number of para-hydroxylation sites is 1. The normalized spacial score (nSPS) is 22.1. The molecular weight excluding hydrogens is 430 g/mol. The summed E-state index contributed by atoms with van der Waals surface area (Å²) in [5.74, 6) is 2.41. The highest BCUT2D eigenvalue weighted by molar-refractivity contribution is 7.80. The predicted octanol–water partition coefficient (Wildman–Crippen LogP) is 5.00. The van der Waals surface area contributed by atoms with Gasteiger partial charge in [-0.2, -0.15) is 0 Å². The van der Waals surface area contributed by atoms with Crippen LogP contribution in [-0.2, 0) is 4.79 Å². The molecule has 1 amide bonds. The number of carbonyl (C=O) groups excluding carboxylic acids is 1. The third-order valence-corrected chi connectivity index (χ3v) is 8.32. The van der Waals surface area contributed by atoms with Crippen molar-refractivity contribution in [2.45, 2.75) is 83.3 Å². The highest BCUT2D eigenvalue weighted by Gasteiger charge is 2.33. The van der Waals surface area contributed by atoms with Gasteiger partial charge in [0.15, 0.2) is 11.2 Å². The van der Waals surface area contributed by atoms with Crippen molar-refractivity contribution in [3.8, 4) is 5.75 Å². The Morgan fingerprint density at radius 3 is 2.09 bits per heavy atom. The van der Waals surface area contributed by atoms with Gasteiger partial charge in [-0.25, -0.2) is 0 Å². The topological polar surface area (TPSA) is 44.8 Å². The monoisotopic (exact) mass is 471 g/mol. The molecule has 0 spiro atoms. The summed E-state index contributed by atoms with van der Waals surface area (Å²) in [4.78, 5) is 17.5. The number of nitrogens with one attached hydrogen (secondary N) is 1. The molecule has 3 fully saturated rings. The standard InChI is InChI=1S/C27H41N3O2S/c1-2-25(32-24-11-7-4-8-12-24)26(31)29-17-13-21(14-18-29)22-15-19-30(20-16-22)27(33)28-23-9-5-3-6-10-23/h4,7-8,11-12,21-23,25H,2-3,5-6,9-10,13-20H2,1H3,(H,28,33). The molecule has 1 aromatic carbocycles. The smallest absolute Gasteiger partial charge is 0.263 e. The van der Waals surface area contributed by atoms with Crippen LogP contribution in [0.3, 0.4) is 0 Å². The van der Waals surface area contributed by atoms with E-state index in [0.29, 0.717) is 12.5 Å². The molecule has 0 aromatic heterocycles. The first kappa shape index (κ1) is 24.3. The number of piperidine rings is 2. The van der Waals surface area contributed by atoms with Gasteiger partial charge < -0.3 is 19.9 Å². The van der Waals surface area contributed by atoms with Gasteiger partial charge in [0, 0.05) is 32.2 Å². The zero-order valence-electron chi connectivity index (χ0n) is 20.2. The minimum absolute atomic E-state index is 0.147. The number of amides is 1. The third kappa shape index (κ3) is 6.62. The third-order valence-electron chi connectivity index (χ3n) is 7.95. The van der Waals surface area contributed by atoms with E-state index in [2.05, 4.69) is 10.2 Å². The Bertz CT molecular complexity index is 752. The Hall–Kier alpha value is -1.82. The Kier molecular flexibility index (Phi) is 8.88. The summed E-state index contributed by atoms with van der Waals surface area (Å²) in [5, 5.41) is 4.61. The second-order valence-corrected chi connectivity index (χ2v) is 10.5. The van der Waals surface area contributed by atoms with Crippen LogP contribution in [0.15, 0.2) is 30.3 Å². The maximum absolute atomic E-state index is 13.1. The van der Waals surface area contributed by atoms with Crippen molar-refractivity contribution in [2.24, 2.45) is 11.8 Å². The van der Waals surface area contributed by atoms with Gasteiger partial charge in [-0.05, 0) is 81.1 Å². The molecule has 2 heterocycles. The van der Waals surface area contributed by atoms with Gasteiger partial charge in [-0.1, -0.05) is 44.4 Å². The fourth-order valence-electron chi connectivity index (χ4n) is 5.85. The highest BCUT2D eigenvalue weighted by atomic mass is 32.1. The molecule has 182 valence electrons. The van der Waals surface area contributed by atoms with Gasteiger partial charge in [0.1, 0.15) is 5.75 Å². The average molecular weight is 472 g/mol. The van der Waals surface area contributed by atoms with Crippen LogP contribution in [0.1, 0.15) is 71.1 Å². The molecule has 1 N–H and O–H groups in total. The van der Waals surface area contributed by atoms with Crippen molar-refractivity contribution in [1.82, 2.24) is 15.1 Å². The van der Waals surface area contributed by atoms with Gasteiger partial charge in [0.05, 0.1) is 0 Å². The molecule has 4 rings (SSSR count). The van der Waals surface area contributed by atoms with Gasteiger partial charge in [-0.3, -0.25) is 4.79 Å². The summed E-state index contributed by atoms with van der Waals surface area (Å²) in [6, 6.07) is 10.3. The SMILES string of the molecule is CCC(Oc1ccccc1)C(=O)N1CCC(C2CCN(C(=S)NC3CCCCC3)CC2)CC1. The van der Waals surface area contributed by atoms with Crippen LogP contribution in [0.5, 0.6) is 5.75 Å². The number of nitrogens with zero attached hydrogens (tertiary/aromatic N) is 2. The summed E-state index contributed by atoms with van der Waals surface area (Å²) < 4.78 is 6.00. The van der Waals surface area contributed by atoms with Crippen LogP contribution in [0.4, 0.5) is 0 Å². The number of ether oxygens (including phenoxy) is 1. The number of hydrogen-bond donors (Lipinski definition) is 1. The lowest BCUT2D eigenvalue weighted by Crippen LogP contribution is -2.50. The predicted molar refractivity (Wildman–Crippen MR) is 137 cm³/mol. The fourth-order valence-corrected chi connectivity index (χ4v) is 6.20. The lowest BCUT2D eigenvalue weighted by Gasteiger charge is -2.41. The van der Waals surface area contributed by atoms with Crippen LogP contribution >= 0.6 is 12.2 Å². The molecule has 1 unspecified atom stereocenters. The number of benzene rings is 1. The fraction of sp³-hybridized carbons (Fsp3) is 0.704. The number of rotatable bonds is 6. The first-order valence-corrected chi connectivity index (χ1v) is 13.6. The van der Waals surface area contributed by atoms with Crippen molar-refractivity contribution in [3.63, 3.8) is 0 Å². The molecular formula is C27H41N3O2S. The van der Waals surface area contributed by atoms with Gasteiger partial charge in [0.25, 0.3) is 5.91 Å². The zero-order chi connectivity index (χ0) is 23.0. The number of likely N-dealkylation sites (tertiary alicyclic amines) is 2. The first-order valence-electron chi connectivity index (χ1n) is 13.2. The summed E-state index contributed by atoms with van der Waals surface area (Å²) >= 11 is 5.74. The van der Waals surface area contributed by atoms with Crippen LogP contribution in [-0.4, -0.2) is 59.1 Å². The molecule has 1 aromatic rings. The van der Waals surface area contributed by atoms with Gasteiger partial charge in [-0.15, -0.1) is 0 Å². The molecule has 2 aliphatic heterocycles. The van der Waals surface area contributed by atoms with E-state index in [1.54, 1.807) is 0 Å². The molecule has 2 saturated heterocycles. The average Bonchev–Trinajstić information content (AvgIpc) is 2.88. The molecule has 5 nitrogen and oxygen atoms in total. The van der Waals surface area contributed by atoms with E-state index in [1.165, 1.54) is 44.9 Å². The Morgan fingerprint density at radius 2 is 1.52 bits per heavy atom. The molecule has 0 bridgehead atoms. The summed E-state index contributed by atoms with van der Waals surface area (Å²) in [7, 11) is 0. The number of hydrogen-bond acceptors (Lipinski definition) is 3. The maximum atomic E-state index is 13.1. The van der Waals surface area contributed by atoms with Crippen molar-refractivity contribution in [1.29, 1.82) is 0 Å². The van der Waals surface area contributed by atoms with Crippen molar-refractivity contribution in [2.75, 3.05) is 26.2 Å². The lowest BCUT2D eigenvalue weighted by atomic mass is 9.79. The van der Waals surface area contributed by atoms with Crippen molar-refractivity contribution >= 4 is 23.2 Å². The van der Waals surface area contributed by atoms with E-state index < -0.39 is 0 Å². The van der Waals surface area contributed by atoms with Crippen LogP contribution in [0.2, 0.25) is 0 Å². The first-order chi connectivity index (χ1) is 16.1. The minimum atomic E-state index is -0.384. The number of thiocarbonyl (C=S) groups is 1. The van der Waals surface area contributed by atoms with Crippen LogP contribution in [0.25, 0.3) is 0 Å². The molecule has 1 saturated carbocycles. The highest BCUT2D eigenvalue weighted by Crippen LogP contribution is 2.33. The summed E-state index contributed by atoms with van der Waals surface area (Å²) in [6.07, 6.45) is 11.6. The maximum Gasteiger partial charge on any atom is 0.263 e. The Morgan fingerprint density at radius 1 is 0.939 bits per heavy atom.